The maximum absolute atomic E-state index is 12.3. The van der Waals surface area contributed by atoms with E-state index in [0.29, 0.717) is 31.5 Å². The van der Waals surface area contributed by atoms with Crippen molar-refractivity contribution in [2.45, 2.75) is 13.8 Å². The van der Waals surface area contributed by atoms with Gasteiger partial charge in [0.05, 0.1) is 6.61 Å². The van der Waals surface area contributed by atoms with Gasteiger partial charge in [-0.15, -0.1) is 5.46 Å². The number of hydrogen-bond acceptors (Lipinski definition) is 2. The van der Waals surface area contributed by atoms with Crippen molar-refractivity contribution in [3.8, 4) is 5.75 Å². The molecule has 0 unspecified atom stereocenters. The summed E-state index contributed by atoms with van der Waals surface area (Å²) in [6.07, 6.45) is 0. The molecular formula is C12H17BF3O2-. The Bertz CT molecular complexity index is 349. The van der Waals surface area contributed by atoms with Gasteiger partial charge in [-0.05, 0) is 18.1 Å². The number of rotatable bonds is 7. The second-order valence-corrected chi connectivity index (χ2v) is 4.46. The molecule has 0 saturated carbocycles. The van der Waals surface area contributed by atoms with Crippen LogP contribution in [-0.4, -0.2) is 26.8 Å². The van der Waals surface area contributed by atoms with E-state index in [1.54, 1.807) is 0 Å². The smallest absolute Gasteiger partial charge is 0.491 e. The summed E-state index contributed by atoms with van der Waals surface area (Å²) in [5.41, 5.74) is -0.613. The Morgan fingerprint density at radius 1 is 1.06 bits per heavy atom. The molecule has 1 aromatic carbocycles. The lowest BCUT2D eigenvalue weighted by molar-refractivity contribution is 0.0819. The first-order valence-electron chi connectivity index (χ1n) is 5.90. The number of hydrogen-bond donors (Lipinski definition) is 0. The molecule has 18 heavy (non-hydrogen) atoms. The molecule has 0 heterocycles. The standard InChI is InChI=1S/C12H17BF3O2/c1-10(2)9-17-7-8-18-12-5-3-11(4-6-12)13(14,15)16/h3-6,10H,7-9H2,1-2H3/q-1. The molecule has 0 aliphatic carbocycles. The van der Waals surface area contributed by atoms with Gasteiger partial charge >= 0.3 is 6.98 Å². The minimum absolute atomic E-state index is 0.337. The summed E-state index contributed by atoms with van der Waals surface area (Å²) >= 11 is 0. The van der Waals surface area contributed by atoms with Gasteiger partial charge in [-0.2, -0.15) is 0 Å². The number of benzene rings is 1. The highest BCUT2D eigenvalue weighted by Crippen LogP contribution is 2.13. The second kappa shape index (κ2) is 6.68. The van der Waals surface area contributed by atoms with Crippen LogP contribution in [0.15, 0.2) is 24.3 Å². The Labute approximate surface area is 105 Å². The van der Waals surface area contributed by atoms with Gasteiger partial charge < -0.3 is 22.4 Å². The third-order valence-corrected chi connectivity index (χ3v) is 2.21. The van der Waals surface area contributed by atoms with Crippen LogP contribution in [0.5, 0.6) is 5.75 Å². The molecule has 0 aromatic heterocycles. The van der Waals surface area contributed by atoms with Crippen molar-refractivity contribution < 1.29 is 22.4 Å². The monoisotopic (exact) mass is 261 g/mol. The molecule has 0 N–H and O–H groups in total. The van der Waals surface area contributed by atoms with Crippen LogP contribution in [0.4, 0.5) is 12.9 Å². The van der Waals surface area contributed by atoms with E-state index >= 15 is 0 Å². The minimum Gasteiger partial charge on any atom is -0.491 e. The summed E-state index contributed by atoms with van der Waals surface area (Å²) in [7, 11) is 0. The SMILES string of the molecule is CC(C)COCCOc1ccc([B-](F)(F)F)cc1. The molecular weight excluding hydrogens is 244 g/mol. The highest BCUT2D eigenvalue weighted by atomic mass is 19.4. The Balaban J connectivity index is 2.31. The molecule has 102 valence electrons. The molecule has 2 nitrogen and oxygen atoms in total. The van der Waals surface area contributed by atoms with Gasteiger partial charge in [-0.25, -0.2) is 0 Å². The summed E-state index contributed by atoms with van der Waals surface area (Å²) in [5.74, 6) is 0.880. The maximum atomic E-state index is 12.3. The van der Waals surface area contributed by atoms with Crippen molar-refractivity contribution in [3.63, 3.8) is 0 Å². The van der Waals surface area contributed by atoms with E-state index in [2.05, 4.69) is 0 Å². The molecule has 0 saturated heterocycles. The molecule has 0 radical (unpaired) electrons. The molecule has 0 amide bonds. The lowest BCUT2D eigenvalue weighted by Gasteiger charge is -2.15. The van der Waals surface area contributed by atoms with Crippen molar-refractivity contribution in [3.05, 3.63) is 24.3 Å². The van der Waals surface area contributed by atoms with Crippen LogP contribution >= 0.6 is 0 Å². The van der Waals surface area contributed by atoms with Crippen molar-refractivity contribution in [1.29, 1.82) is 0 Å². The third kappa shape index (κ3) is 5.45. The van der Waals surface area contributed by atoms with E-state index in [1.165, 1.54) is 12.1 Å². The first-order valence-corrected chi connectivity index (χ1v) is 5.90. The number of halogens is 3. The van der Waals surface area contributed by atoms with Crippen LogP contribution < -0.4 is 10.2 Å². The normalized spacial score (nSPS) is 11.9. The van der Waals surface area contributed by atoms with Crippen molar-refractivity contribution in [1.82, 2.24) is 0 Å². The fourth-order valence-electron chi connectivity index (χ4n) is 1.32. The summed E-state index contributed by atoms with van der Waals surface area (Å²) in [4.78, 5) is 0. The van der Waals surface area contributed by atoms with Crippen LogP contribution in [-0.2, 0) is 4.74 Å². The van der Waals surface area contributed by atoms with E-state index < -0.39 is 12.4 Å². The zero-order chi connectivity index (χ0) is 13.6. The van der Waals surface area contributed by atoms with Crippen LogP contribution in [0.1, 0.15) is 13.8 Å². The fourth-order valence-corrected chi connectivity index (χ4v) is 1.32. The highest BCUT2D eigenvalue weighted by molar-refractivity contribution is 6.73. The molecule has 0 atom stereocenters. The van der Waals surface area contributed by atoms with Crippen LogP contribution in [0.25, 0.3) is 0 Å². The van der Waals surface area contributed by atoms with Crippen LogP contribution in [0, 0.1) is 5.92 Å². The third-order valence-electron chi connectivity index (χ3n) is 2.21. The fraction of sp³-hybridized carbons (Fsp3) is 0.500. The van der Waals surface area contributed by atoms with Gasteiger partial charge in [0, 0.05) is 6.61 Å². The molecule has 1 aromatic rings. The van der Waals surface area contributed by atoms with Crippen molar-refractivity contribution in [2.75, 3.05) is 19.8 Å². The van der Waals surface area contributed by atoms with Gasteiger partial charge in [-0.1, -0.05) is 26.0 Å². The summed E-state index contributed by atoms with van der Waals surface area (Å²) in [5, 5.41) is 0. The topological polar surface area (TPSA) is 18.5 Å². The summed E-state index contributed by atoms with van der Waals surface area (Å²) in [6.45, 7) is 0.572. The Morgan fingerprint density at radius 3 is 2.17 bits per heavy atom. The van der Waals surface area contributed by atoms with Crippen molar-refractivity contribution >= 4 is 12.4 Å². The summed E-state index contributed by atoms with van der Waals surface area (Å²) < 4.78 is 47.6. The van der Waals surface area contributed by atoms with Gasteiger partial charge in [0.1, 0.15) is 12.4 Å². The van der Waals surface area contributed by atoms with E-state index in [0.717, 1.165) is 12.1 Å². The first-order chi connectivity index (χ1) is 8.39. The van der Waals surface area contributed by atoms with Gasteiger partial charge in [0.25, 0.3) is 0 Å². The molecule has 0 aliphatic rings. The lowest BCUT2D eigenvalue weighted by Crippen LogP contribution is -2.33. The lowest BCUT2D eigenvalue weighted by atomic mass is 9.80. The van der Waals surface area contributed by atoms with Gasteiger partial charge in [0.2, 0.25) is 0 Å². The van der Waals surface area contributed by atoms with E-state index in [1.807, 2.05) is 13.8 Å². The predicted octanol–water partition coefficient (Wildman–Crippen LogP) is 2.79. The maximum Gasteiger partial charge on any atom is 0.509 e. The summed E-state index contributed by atoms with van der Waals surface area (Å²) in [6, 6.07) is 4.72. The quantitative estimate of drug-likeness (QED) is 0.555. The van der Waals surface area contributed by atoms with E-state index in [-0.39, 0.29) is 0 Å². The molecule has 0 spiro atoms. The highest BCUT2D eigenvalue weighted by Gasteiger charge is 2.24. The molecule has 0 bridgehead atoms. The van der Waals surface area contributed by atoms with Gasteiger partial charge in [0.15, 0.2) is 0 Å². The Hall–Kier alpha value is -1.17. The zero-order valence-corrected chi connectivity index (χ0v) is 10.5. The van der Waals surface area contributed by atoms with Crippen LogP contribution in [0.3, 0.4) is 0 Å². The average molecular weight is 261 g/mol. The van der Waals surface area contributed by atoms with Crippen molar-refractivity contribution in [2.24, 2.45) is 5.92 Å². The second-order valence-electron chi connectivity index (χ2n) is 4.46. The predicted molar refractivity (Wildman–Crippen MR) is 66.3 cm³/mol. The van der Waals surface area contributed by atoms with E-state index in [9.17, 15) is 12.9 Å². The Morgan fingerprint density at radius 2 is 1.67 bits per heavy atom. The molecule has 6 heteroatoms. The molecule has 0 fully saturated rings. The van der Waals surface area contributed by atoms with Crippen LogP contribution in [0.2, 0.25) is 0 Å². The first kappa shape index (κ1) is 14.9. The van der Waals surface area contributed by atoms with E-state index in [4.69, 9.17) is 9.47 Å². The zero-order valence-electron chi connectivity index (χ0n) is 10.5. The van der Waals surface area contributed by atoms with Gasteiger partial charge in [-0.3, -0.25) is 0 Å². The molecule has 1 rings (SSSR count). The average Bonchev–Trinajstić information content (AvgIpc) is 2.27. The Kier molecular flexibility index (Phi) is 5.53. The largest absolute Gasteiger partial charge is 0.509 e. The number of ether oxygens (including phenoxy) is 2. The minimum atomic E-state index is -4.93. The molecule has 0 aliphatic heterocycles.